The number of rotatable bonds is 4. The molecule has 2 heterocycles. The molecule has 3 aliphatic rings. The highest BCUT2D eigenvalue weighted by atomic mass is 16.5. The smallest absolute Gasteiger partial charge is 0.339 e. The van der Waals surface area contributed by atoms with E-state index in [2.05, 4.69) is 19.9 Å². The average Bonchev–Trinajstić information content (AvgIpc) is 2.79. The first-order valence-corrected chi connectivity index (χ1v) is 10.5. The molecule has 6 heteroatoms. The Morgan fingerprint density at radius 3 is 2.60 bits per heavy atom. The number of hydrogen-bond donors (Lipinski definition) is 1. The van der Waals surface area contributed by atoms with E-state index in [0.29, 0.717) is 19.6 Å². The number of fused-ring (bicyclic) bond motifs is 2. The first-order chi connectivity index (χ1) is 14.4. The van der Waals surface area contributed by atoms with Crippen molar-refractivity contribution in [2.24, 2.45) is 5.41 Å². The number of benzene rings is 1. The maximum atomic E-state index is 12.6. The average molecular weight is 412 g/mol. The zero-order chi connectivity index (χ0) is 21.5. The molecule has 30 heavy (non-hydrogen) atoms. The minimum absolute atomic E-state index is 0.158. The summed E-state index contributed by atoms with van der Waals surface area (Å²) in [6.07, 6.45) is 4.49. The Balaban J connectivity index is 1.97. The quantitative estimate of drug-likeness (QED) is 0.754. The molecule has 1 saturated heterocycles. The van der Waals surface area contributed by atoms with Crippen LogP contribution in [0.3, 0.4) is 0 Å². The van der Waals surface area contributed by atoms with E-state index < -0.39 is 5.97 Å². The maximum absolute atomic E-state index is 12.6. The van der Waals surface area contributed by atoms with Crippen molar-refractivity contribution >= 4 is 17.3 Å². The fourth-order valence-corrected chi connectivity index (χ4v) is 4.58. The van der Waals surface area contributed by atoms with E-state index in [-0.39, 0.29) is 29.3 Å². The molecule has 1 unspecified atom stereocenters. The van der Waals surface area contributed by atoms with Gasteiger partial charge in [-0.1, -0.05) is 13.8 Å². The molecule has 0 bridgehead atoms. The molecule has 1 aromatic carbocycles. The molecule has 0 amide bonds. The SMILES string of the molecule is CCc1cc2c(cc1OC)OC(C1(C)COC1)C1=C2CCCCC(=O)C(C(=O)O)=C1. The second-order valence-corrected chi connectivity index (χ2v) is 8.59. The highest BCUT2D eigenvalue weighted by Gasteiger charge is 2.47. The molecule has 4 rings (SSSR count). The van der Waals surface area contributed by atoms with Crippen LogP contribution in [0.1, 0.15) is 50.7 Å². The number of Topliss-reactive ketones (excluding diaryl/α,β-unsaturated/α-hetero) is 1. The summed E-state index contributed by atoms with van der Waals surface area (Å²) in [7, 11) is 1.65. The Bertz CT molecular complexity index is 951. The Morgan fingerprint density at radius 1 is 1.27 bits per heavy atom. The van der Waals surface area contributed by atoms with Crippen LogP contribution < -0.4 is 9.47 Å². The summed E-state index contributed by atoms with van der Waals surface area (Å²) >= 11 is 0. The van der Waals surface area contributed by atoms with Crippen LogP contribution in [0.2, 0.25) is 0 Å². The van der Waals surface area contributed by atoms with E-state index in [4.69, 9.17) is 14.2 Å². The van der Waals surface area contributed by atoms with Gasteiger partial charge in [-0.2, -0.15) is 0 Å². The second-order valence-electron chi connectivity index (χ2n) is 8.59. The predicted molar refractivity (Wildman–Crippen MR) is 112 cm³/mol. The van der Waals surface area contributed by atoms with Crippen molar-refractivity contribution in [3.05, 3.63) is 40.5 Å². The number of aliphatic carboxylic acids is 1. The Morgan fingerprint density at radius 2 is 2.00 bits per heavy atom. The maximum Gasteiger partial charge on any atom is 0.339 e. The molecule has 1 fully saturated rings. The van der Waals surface area contributed by atoms with Gasteiger partial charge in [0.05, 0.1) is 25.7 Å². The number of allylic oxidation sites excluding steroid dienone is 1. The summed E-state index contributed by atoms with van der Waals surface area (Å²) in [5.41, 5.74) is 3.47. The third kappa shape index (κ3) is 3.43. The molecule has 1 aliphatic carbocycles. The van der Waals surface area contributed by atoms with Gasteiger partial charge in [0.15, 0.2) is 5.78 Å². The summed E-state index contributed by atoms with van der Waals surface area (Å²) in [6.45, 7) is 5.20. The molecule has 6 nitrogen and oxygen atoms in total. The van der Waals surface area contributed by atoms with Crippen LogP contribution in [-0.2, 0) is 20.7 Å². The van der Waals surface area contributed by atoms with E-state index in [9.17, 15) is 14.7 Å². The Hall–Kier alpha value is -2.60. The monoisotopic (exact) mass is 412 g/mol. The molecule has 1 N–H and O–H groups in total. The van der Waals surface area contributed by atoms with Gasteiger partial charge in [-0.25, -0.2) is 4.79 Å². The van der Waals surface area contributed by atoms with Crippen molar-refractivity contribution in [3.8, 4) is 11.5 Å². The third-order valence-electron chi connectivity index (χ3n) is 6.37. The van der Waals surface area contributed by atoms with Crippen molar-refractivity contribution in [2.45, 2.75) is 52.1 Å². The lowest BCUT2D eigenvalue weighted by molar-refractivity contribution is -0.143. The summed E-state index contributed by atoms with van der Waals surface area (Å²) < 4.78 is 17.5. The lowest BCUT2D eigenvalue weighted by atomic mass is 9.74. The number of aryl methyl sites for hydroxylation is 1. The number of carboxylic acids is 1. The molecule has 2 aliphatic heterocycles. The number of ketones is 1. The normalized spacial score (nSPS) is 23.0. The molecule has 0 radical (unpaired) electrons. The van der Waals surface area contributed by atoms with Gasteiger partial charge >= 0.3 is 5.97 Å². The first kappa shape index (κ1) is 20.7. The third-order valence-corrected chi connectivity index (χ3v) is 6.37. The van der Waals surface area contributed by atoms with Crippen LogP contribution in [0.5, 0.6) is 11.5 Å². The largest absolute Gasteiger partial charge is 0.496 e. The number of ether oxygens (including phenoxy) is 3. The highest BCUT2D eigenvalue weighted by Crippen LogP contribution is 2.48. The summed E-state index contributed by atoms with van der Waals surface area (Å²) in [5, 5.41) is 9.72. The van der Waals surface area contributed by atoms with Crippen LogP contribution in [0, 0.1) is 5.41 Å². The minimum atomic E-state index is -1.18. The number of carbonyl (C=O) groups excluding carboxylic acids is 1. The molecule has 160 valence electrons. The van der Waals surface area contributed by atoms with Crippen LogP contribution >= 0.6 is 0 Å². The summed E-state index contributed by atoms with van der Waals surface area (Å²) in [4.78, 5) is 24.4. The van der Waals surface area contributed by atoms with Crippen LogP contribution in [0.25, 0.3) is 5.57 Å². The standard InChI is InChI=1S/C24H28O6/c1-4-14-9-16-15-7-5-6-8-19(25)18(23(26)27)10-17(15)22(24(2)12-29-13-24)30-21(16)11-20(14)28-3/h9-11,22H,4-8,12-13H2,1-3H3,(H,26,27). The predicted octanol–water partition coefficient (Wildman–Crippen LogP) is 3.96. The van der Waals surface area contributed by atoms with Crippen LogP contribution in [-0.4, -0.2) is 43.3 Å². The van der Waals surface area contributed by atoms with Gasteiger partial charge < -0.3 is 19.3 Å². The molecule has 0 saturated carbocycles. The van der Waals surface area contributed by atoms with E-state index in [0.717, 1.165) is 53.0 Å². The van der Waals surface area contributed by atoms with Crippen molar-refractivity contribution < 1.29 is 28.9 Å². The topological polar surface area (TPSA) is 82.1 Å². The number of carboxylic acid groups (broad SMARTS) is 1. The fraction of sp³-hybridized carbons (Fsp3) is 0.500. The Labute approximate surface area is 176 Å². The lowest BCUT2D eigenvalue weighted by Crippen LogP contribution is -2.53. The molecular weight excluding hydrogens is 384 g/mol. The van der Waals surface area contributed by atoms with Gasteiger partial charge in [-0.05, 0) is 54.5 Å². The number of hydrogen-bond acceptors (Lipinski definition) is 5. The van der Waals surface area contributed by atoms with Crippen molar-refractivity contribution in [3.63, 3.8) is 0 Å². The summed E-state index contributed by atoms with van der Waals surface area (Å²) in [5.74, 6) is 0.0305. The van der Waals surface area contributed by atoms with Crippen molar-refractivity contribution in [1.29, 1.82) is 0 Å². The zero-order valence-corrected chi connectivity index (χ0v) is 17.7. The van der Waals surface area contributed by atoms with E-state index in [1.54, 1.807) is 13.2 Å². The van der Waals surface area contributed by atoms with Crippen LogP contribution in [0.4, 0.5) is 0 Å². The second kappa shape index (κ2) is 7.91. The highest BCUT2D eigenvalue weighted by molar-refractivity contribution is 6.17. The van der Waals surface area contributed by atoms with Gasteiger partial charge in [-0.15, -0.1) is 0 Å². The van der Waals surface area contributed by atoms with E-state index in [1.807, 2.05) is 6.07 Å². The van der Waals surface area contributed by atoms with Crippen molar-refractivity contribution in [1.82, 2.24) is 0 Å². The zero-order valence-electron chi connectivity index (χ0n) is 17.7. The number of carbonyl (C=O) groups is 2. The van der Waals surface area contributed by atoms with Gasteiger partial charge in [-0.3, -0.25) is 4.79 Å². The fourth-order valence-electron chi connectivity index (χ4n) is 4.58. The summed E-state index contributed by atoms with van der Waals surface area (Å²) in [6, 6.07) is 4.03. The molecule has 0 aromatic heterocycles. The van der Waals surface area contributed by atoms with Gasteiger partial charge in [0.2, 0.25) is 0 Å². The number of methoxy groups -OCH3 is 1. The Kier molecular flexibility index (Phi) is 5.45. The molecule has 0 spiro atoms. The van der Waals surface area contributed by atoms with Gasteiger partial charge in [0.1, 0.15) is 23.2 Å². The minimum Gasteiger partial charge on any atom is -0.496 e. The molecular formula is C24H28O6. The van der Waals surface area contributed by atoms with Crippen molar-refractivity contribution in [2.75, 3.05) is 20.3 Å². The van der Waals surface area contributed by atoms with Crippen LogP contribution in [0.15, 0.2) is 29.4 Å². The van der Waals surface area contributed by atoms with Gasteiger partial charge in [0, 0.05) is 18.1 Å². The van der Waals surface area contributed by atoms with E-state index in [1.165, 1.54) is 0 Å². The van der Waals surface area contributed by atoms with E-state index >= 15 is 0 Å². The molecule has 1 aromatic rings. The lowest BCUT2D eigenvalue weighted by Gasteiger charge is -2.47. The van der Waals surface area contributed by atoms with Gasteiger partial charge in [0.25, 0.3) is 0 Å². The molecule has 1 atom stereocenters. The first-order valence-electron chi connectivity index (χ1n) is 10.5.